The van der Waals surface area contributed by atoms with E-state index in [-0.39, 0.29) is 11.5 Å². The third-order valence-corrected chi connectivity index (χ3v) is 6.35. The van der Waals surface area contributed by atoms with Gasteiger partial charge in [-0.2, -0.15) is 16.8 Å². The molecule has 0 aromatic heterocycles. The van der Waals surface area contributed by atoms with Crippen LogP contribution in [0.1, 0.15) is 6.92 Å². The molecule has 1 aromatic carbocycles. The second-order valence-electron chi connectivity index (χ2n) is 4.42. The Kier molecular flexibility index (Phi) is 5.53. The van der Waals surface area contributed by atoms with Crippen LogP contribution in [-0.4, -0.2) is 48.7 Å². The zero-order valence-corrected chi connectivity index (χ0v) is 13.3. The lowest BCUT2D eigenvalue weighted by Crippen LogP contribution is -2.45. The first-order chi connectivity index (χ1) is 10.1. The molecular formula is C14H17NO4S2. The molecule has 1 fully saturated rings. The van der Waals surface area contributed by atoms with Gasteiger partial charge in [0.2, 0.25) is 0 Å². The topological polar surface area (TPSA) is 66.8 Å². The van der Waals surface area contributed by atoms with Gasteiger partial charge in [0.25, 0.3) is 0 Å². The summed E-state index contributed by atoms with van der Waals surface area (Å²) in [6, 6.07) is 6.19. The average molecular weight is 327 g/mol. The minimum atomic E-state index is -3.58. The highest BCUT2D eigenvalue weighted by Crippen LogP contribution is 2.26. The quantitative estimate of drug-likeness (QED) is 0.848. The van der Waals surface area contributed by atoms with Crippen molar-refractivity contribution in [2.75, 3.05) is 24.7 Å². The van der Waals surface area contributed by atoms with Crippen molar-refractivity contribution in [3.63, 3.8) is 0 Å². The van der Waals surface area contributed by atoms with E-state index >= 15 is 0 Å². The number of rotatable bonds is 4. The summed E-state index contributed by atoms with van der Waals surface area (Å²) in [6.07, 6.45) is 0. The third-order valence-electron chi connectivity index (χ3n) is 3.06. The van der Waals surface area contributed by atoms with Crippen molar-refractivity contribution in [3.05, 3.63) is 24.3 Å². The molecule has 1 aliphatic heterocycles. The van der Waals surface area contributed by atoms with E-state index in [4.69, 9.17) is 4.74 Å². The molecule has 0 spiro atoms. The fourth-order valence-electron chi connectivity index (χ4n) is 1.90. The van der Waals surface area contributed by atoms with E-state index in [1.54, 1.807) is 19.1 Å². The van der Waals surface area contributed by atoms with E-state index < -0.39 is 15.2 Å². The number of nitrogens with zero attached hydrogens (tertiary/aromatic N) is 1. The minimum absolute atomic E-state index is 0.183. The van der Waals surface area contributed by atoms with Crippen molar-refractivity contribution in [3.8, 4) is 17.6 Å². The summed E-state index contributed by atoms with van der Waals surface area (Å²) in [7, 11) is -3.58. The van der Waals surface area contributed by atoms with Crippen molar-refractivity contribution in [1.29, 1.82) is 0 Å². The molecule has 1 saturated heterocycles. The van der Waals surface area contributed by atoms with Gasteiger partial charge in [0.05, 0.1) is 4.90 Å². The van der Waals surface area contributed by atoms with E-state index in [9.17, 15) is 13.6 Å². The summed E-state index contributed by atoms with van der Waals surface area (Å²) in [5.74, 6) is 7.14. The molecule has 5 nitrogen and oxygen atoms in total. The molecule has 2 rings (SSSR count). The van der Waals surface area contributed by atoms with Gasteiger partial charge in [-0.1, -0.05) is 5.92 Å². The van der Waals surface area contributed by atoms with Gasteiger partial charge in [-0.05, 0) is 31.2 Å². The molecule has 1 N–H and O–H groups in total. The number of hydrogen-bond donors (Lipinski definition) is 1. The maximum absolute atomic E-state index is 12.5. The molecule has 1 atom stereocenters. The Morgan fingerprint density at radius 1 is 1.43 bits per heavy atom. The summed E-state index contributed by atoms with van der Waals surface area (Å²) in [6.45, 7) is 2.35. The van der Waals surface area contributed by atoms with E-state index in [2.05, 4.69) is 11.8 Å². The lowest BCUT2D eigenvalue weighted by molar-refractivity contribution is -0.0946. The minimum Gasteiger partial charge on any atom is -0.481 e. The number of ether oxygens (including phenoxy) is 1. The van der Waals surface area contributed by atoms with Gasteiger partial charge in [-0.3, -0.25) is 0 Å². The van der Waals surface area contributed by atoms with Crippen LogP contribution in [0.2, 0.25) is 0 Å². The molecule has 1 heterocycles. The Morgan fingerprint density at radius 3 is 2.76 bits per heavy atom. The summed E-state index contributed by atoms with van der Waals surface area (Å²) in [5.41, 5.74) is 0. The Hall–Kier alpha value is -1.20. The van der Waals surface area contributed by atoms with Crippen LogP contribution in [0.25, 0.3) is 0 Å². The number of sulfone groups is 1. The number of hydrogen-bond acceptors (Lipinski definition) is 6. The zero-order chi connectivity index (χ0) is 15.3. The number of thioether (sulfide) groups is 1. The molecule has 0 amide bonds. The number of benzene rings is 1. The van der Waals surface area contributed by atoms with Crippen molar-refractivity contribution in [1.82, 2.24) is 5.06 Å². The second-order valence-corrected chi connectivity index (χ2v) is 7.68. The molecular weight excluding hydrogens is 310 g/mol. The van der Waals surface area contributed by atoms with Crippen molar-refractivity contribution >= 4 is 21.6 Å². The predicted molar refractivity (Wildman–Crippen MR) is 82.2 cm³/mol. The molecule has 1 unspecified atom stereocenters. The highest BCUT2D eigenvalue weighted by atomic mass is 32.2. The smallest absolute Gasteiger partial charge is 0.197 e. The Balaban J connectivity index is 2.14. The number of hydroxylamine groups is 2. The SMILES string of the molecule is CC#CCOc1ccc(S(=O)(=O)C2CSCCN2O)cc1. The predicted octanol–water partition coefficient (Wildman–Crippen LogP) is 1.63. The van der Waals surface area contributed by atoms with Crippen LogP contribution in [0, 0.1) is 11.8 Å². The monoisotopic (exact) mass is 327 g/mol. The lowest BCUT2D eigenvalue weighted by Gasteiger charge is -2.29. The van der Waals surface area contributed by atoms with Gasteiger partial charge in [0.15, 0.2) is 9.84 Å². The van der Waals surface area contributed by atoms with E-state index in [1.165, 1.54) is 23.9 Å². The van der Waals surface area contributed by atoms with E-state index in [1.807, 2.05) is 0 Å². The van der Waals surface area contributed by atoms with Gasteiger partial charge in [-0.15, -0.1) is 5.92 Å². The highest BCUT2D eigenvalue weighted by molar-refractivity contribution is 8.01. The van der Waals surface area contributed by atoms with Gasteiger partial charge >= 0.3 is 0 Å². The third kappa shape index (κ3) is 3.92. The fraction of sp³-hybridized carbons (Fsp3) is 0.429. The maximum Gasteiger partial charge on any atom is 0.197 e. The van der Waals surface area contributed by atoms with Gasteiger partial charge in [-0.25, -0.2) is 8.42 Å². The summed E-state index contributed by atoms with van der Waals surface area (Å²) < 4.78 is 30.3. The van der Waals surface area contributed by atoms with Crippen LogP contribution in [-0.2, 0) is 9.84 Å². The van der Waals surface area contributed by atoms with Gasteiger partial charge in [0.1, 0.15) is 17.7 Å². The summed E-state index contributed by atoms with van der Waals surface area (Å²) in [5, 5.41) is 9.78. The molecule has 1 aromatic rings. The van der Waals surface area contributed by atoms with Gasteiger partial charge in [0, 0.05) is 18.1 Å². The molecule has 0 aliphatic carbocycles. The zero-order valence-electron chi connectivity index (χ0n) is 11.7. The second kappa shape index (κ2) is 7.18. The molecule has 1 aliphatic rings. The van der Waals surface area contributed by atoms with Crippen molar-refractivity contribution < 1.29 is 18.4 Å². The van der Waals surface area contributed by atoms with Crippen LogP contribution in [0.4, 0.5) is 0 Å². The fourth-order valence-corrected chi connectivity index (χ4v) is 5.01. The molecule has 0 saturated carbocycles. The molecule has 0 bridgehead atoms. The normalized spacial score (nSPS) is 19.6. The maximum atomic E-state index is 12.5. The van der Waals surface area contributed by atoms with Crippen LogP contribution in [0.5, 0.6) is 5.75 Å². The summed E-state index contributed by atoms with van der Waals surface area (Å²) >= 11 is 1.52. The highest BCUT2D eigenvalue weighted by Gasteiger charge is 2.34. The van der Waals surface area contributed by atoms with E-state index in [0.29, 0.717) is 18.0 Å². The van der Waals surface area contributed by atoms with E-state index in [0.717, 1.165) is 10.8 Å². The standard InChI is InChI=1S/C14H17NO4S2/c1-2-3-9-19-12-4-6-13(7-5-12)21(17,18)14-11-20-10-8-15(14)16/h4-7,14,16H,8-11H2,1H3. The molecule has 114 valence electrons. The van der Waals surface area contributed by atoms with Gasteiger partial charge < -0.3 is 9.94 Å². The summed E-state index contributed by atoms with van der Waals surface area (Å²) in [4.78, 5) is 0.183. The molecule has 21 heavy (non-hydrogen) atoms. The Labute approximate surface area is 129 Å². The van der Waals surface area contributed by atoms with Crippen LogP contribution in [0.15, 0.2) is 29.2 Å². The first-order valence-electron chi connectivity index (χ1n) is 6.45. The van der Waals surface area contributed by atoms with Crippen molar-refractivity contribution in [2.24, 2.45) is 0 Å². The largest absolute Gasteiger partial charge is 0.481 e. The lowest BCUT2D eigenvalue weighted by atomic mass is 10.3. The Bertz CT molecular complexity index is 631. The Morgan fingerprint density at radius 2 is 2.14 bits per heavy atom. The first kappa shape index (κ1) is 16.2. The first-order valence-corrected chi connectivity index (χ1v) is 9.15. The molecule has 7 heteroatoms. The average Bonchev–Trinajstić information content (AvgIpc) is 2.48. The van der Waals surface area contributed by atoms with Crippen LogP contribution in [0.3, 0.4) is 0 Å². The van der Waals surface area contributed by atoms with Crippen LogP contribution < -0.4 is 4.74 Å². The molecule has 0 radical (unpaired) electrons. The van der Waals surface area contributed by atoms with Crippen molar-refractivity contribution in [2.45, 2.75) is 17.2 Å². The van der Waals surface area contributed by atoms with Crippen LogP contribution >= 0.6 is 11.8 Å².